The van der Waals surface area contributed by atoms with Gasteiger partial charge in [-0.1, -0.05) is 77.4 Å². The van der Waals surface area contributed by atoms with Crippen molar-refractivity contribution in [1.29, 1.82) is 0 Å². The van der Waals surface area contributed by atoms with Crippen molar-refractivity contribution in [1.82, 2.24) is 0 Å². The summed E-state index contributed by atoms with van der Waals surface area (Å²) in [5.41, 5.74) is 7.87. The van der Waals surface area contributed by atoms with E-state index in [-0.39, 0.29) is 0 Å². The topological polar surface area (TPSA) is 0 Å². The quantitative estimate of drug-likeness (QED) is 0.618. The second-order valence-corrected chi connectivity index (χ2v) is 6.84. The van der Waals surface area contributed by atoms with Gasteiger partial charge in [0.15, 0.2) is 0 Å². The maximum absolute atomic E-state index is 2.34. The lowest BCUT2D eigenvalue weighted by molar-refractivity contribution is 0.671. The van der Waals surface area contributed by atoms with Gasteiger partial charge in [-0.25, -0.2) is 0 Å². The van der Waals surface area contributed by atoms with Crippen molar-refractivity contribution < 1.29 is 0 Å². The van der Waals surface area contributed by atoms with Gasteiger partial charge in [0.25, 0.3) is 0 Å². The SMILES string of the molecule is CC(C)C1=C(C(C)C)C(C(C)C)=C(c2ccccc2)C1. The molecule has 20 heavy (non-hydrogen) atoms. The first-order valence-electron chi connectivity index (χ1n) is 7.95. The van der Waals surface area contributed by atoms with Gasteiger partial charge in [-0.2, -0.15) is 0 Å². The normalized spacial score (nSPS) is 16.2. The van der Waals surface area contributed by atoms with Crippen LogP contribution in [-0.4, -0.2) is 0 Å². The fourth-order valence-electron chi connectivity index (χ4n) is 3.47. The lowest BCUT2D eigenvalue weighted by Crippen LogP contribution is -2.06. The third-order valence-electron chi connectivity index (χ3n) is 4.30. The molecule has 0 saturated carbocycles. The molecule has 1 aromatic carbocycles. The molecule has 0 heterocycles. The summed E-state index contributed by atoms with van der Waals surface area (Å²) >= 11 is 0. The van der Waals surface area contributed by atoms with Crippen LogP contribution >= 0.6 is 0 Å². The summed E-state index contributed by atoms with van der Waals surface area (Å²) in [7, 11) is 0. The Balaban J connectivity index is 2.58. The van der Waals surface area contributed by atoms with Crippen molar-refractivity contribution in [2.24, 2.45) is 17.8 Å². The van der Waals surface area contributed by atoms with Crippen molar-refractivity contribution in [3.05, 3.63) is 52.6 Å². The molecular weight excluding hydrogens is 240 g/mol. The molecule has 0 bridgehead atoms. The minimum atomic E-state index is 0.596. The van der Waals surface area contributed by atoms with Crippen molar-refractivity contribution >= 4 is 5.57 Å². The molecular formula is C20H28. The van der Waals surface area contributed by atoms with Gasteiger partial charge in [0, 0.05) is 0 Å². The second kappa shape index (κ2) is 5.99. The van der Waals surface area contributed by atoms with E-state index < -0.39 is 0 Å². The smallest absolute Gasteiger partial charge is 0.00496 e. The van der Waals surface area contributed by atoms with Gasteiger partial charge >= 0.3 is 0 Å². The van der Waals surface area contributed by atoms with Crippen LogP contribution < -0.4 is 0 Å². The third kappa shape index (κ3) is 2.75. The second-order valence-electron chi connectivity index (χ2n) is 6.84. The van der Waals surface area contributed by atoms with Crippen LogP contribution in [-0.2, 0) is 0 Å². The average Bonchev–Trinajstić information content (AvgIpc) is 2.80. The van der Waals surface area contributed by atoms with Crippen molar-refractivity contribution in [3.63, 3.8) is 0 Å². The summed E-state index contributed by atoms with van der Waals surface area (Å²) in [5.74, 6) is 1.85. The lowest BCUT2D eigenvalue weighted by Gasteiger charge is -2.20. The van der Waals surface area contributed by atoms with Gasteiger partial charge in [0.05, 0.1) is 0 Å². The van der Waals surface area contributed by atoms with E-state index in [4.69, 9.17) is 0 Å². The molecule has 1 aromatic rings. The Hall–Kier alpha value is -1.30. The van der Waals surface area contributed by atoms with Crippen LogP contribution in [0.1, 0.15) is 53.5 Å². The van der Waals surface area contributed by atoms with Gasteiger partial charge in [-0.3, -0.25) is 0 Å². The van der Waals surface area contributed by atoms with Gasteiger partial charge in [-0.05, 0) is 46.5 Å². The van der Waals surface area contributed by atoms with Crippen LogP contribution in [0.4, 0.5) is 0 Å². The van der Waals surface area contributed by atoms with Gasteiger partial charge in [0.2, 0.25) is 0 Å². The van der Waals surface area contributed by atoms with Gasteiger partial charge in [0.1, 0.15) is 0 Å². The summed E-state index contributed by atoms with van der Waals surface area (Å²) in [6, 6.07) is 10.9. The highest BCUT2D eigenvalue weighted by atomic mass is 14.3. The summed E-state index contributed by atoms with van der Waals surface area (Å²) in [4.78, 5) is 0. The number of benzene rings is 1. The maximum atomic E-state index is 2.34. The van der Waals surface area contributed by atoms with Crippen molar-refractivity contribution in [3.8, 4) is 0 Å². The Morgan fingerprint density at radius 1 is 0.700 bits per heavy atom. The molecule has 2 rings (SSSR count). The summed E-state index contributed by atoms with van der Waals surface area (Å²) < 4.78 is 0. The lowest BCUT2D eigenvalue weighted by atomic mass is 9.85. The van der Waals surface area contributed by atoms with E-state index >= 15 is 0 Å². The zero-order valence-corrected chi connectivity index (χ0v) is 13.8. The number of allylic oxidation sites excluding steroid dienone is 4. The van der Waals surface area contributed by atoms with E-state index in [0.29, 0.717) is 17.8 Å². The van der Waals surface area contributed by atoms with Gasteiger partial charge in [-0.15, -0.1) is 0 Å². The largest absolute Gasteiger partial charge is 0.0622 e. The van der Waals surface area contributed by atoms with E-state index in [2.05, 4.69) is 71.9 Å². The fourth-order valence-corrected chi connectivity index (χ4v) is 3.47. The molecule has 0 radical (unpaired) electrons. The summed E-state index contributed by atoms with van der Waals surface area (Å²) in [6.07, 6.45) is 1.14. The van der Waals surface area contributed by atoms with Crippen molar-refractivity contribution in [2.75, 3.05) is 0 Å². The van der Waals surface area contributed by atoms with Crippen LogP contribution in [0.2, 0.25) is 0 Å². The molecule has 0 amide bonds. The average molecular weight is 268 g/mol. The first-order chi connectivity index (χ1) is 9.43. The van der Waals surface area contributed by atoms with E-state index in [0.717, 1.165) is 6.42 Å². The molecule has 0 fully saturated rings. The molecule has 1 aliphatic rings. The zero-order chi connectivity index (χ0) is 14.9. The molecule has 0 unspecified atom stereocenters. The molecule has 0 heteroatoms. The molecule has 0 atom stereocenters. The van der Waals surface area contributed by atoms with Gasteiger partial charge < -0.3 is 0 Å². The highest BCUT2D eigenvalue weighted by Gasteiger charge is 2.29. The zero-order valence-electron chi connectivity index (χ0n) is 13.8. The number of hydrogen-bond acceptors (Lipinski definition) is 0. The number of rotatable bonds is 4. The highest BCUT2D eigenvalue weighted by molar-refractivity contribution is 5.79. The van der Waals surface area contributed by atoms with Crippen LogP contribution in [0.25, 0.3) is 5.57 Å². The Labute approximate surface area is 124 Å². The molecule has 0 aliphatic heterocycles. The Morgan fingerprint density at radius 3 is 1.70 bits per heavy atom. The van der Waals surface area contributed by atoms with Crippen LogP contribution in [0, 0.1) is 17.8 Å². The molecule has 0 saturated heterocycles. The molecule has 0 aromatic heterocycles. The monoisotopic (exact) mass is 268 g/mol. The fraction of sp³-hybridized carbons (Fsp3) is 0.500. The first-order valence-corrected chi connectivity index (χ1v) is 7.95. The molecule has 0 N–H and O–H groups in total. The predicted molar refractivity (Wildman–Crippen MR) is 89.5 cm³/mol. The summed E-state index contributed by atoms with van der Waals surface area (Å²) in [6.45, 7) is 14.0. The minimum Gasteiger partial charge on any atom is -0.0622 e. The van der Waals surface area contributed by atoms with E-state index in [9.17, 15) is 0 Å². The number of hydrogen-bond donors (Lipinski definition) is 0. The Morgan fingerprint density at radius 2 is 1.25 bits per heavy atom. The molecule has 1 aliphatic carbocycles. The standard InChI is InChI=1S/C20H28/c1-13(2)17-12-18(16-10-8-7-9-11-16)20(15(5)6)19(17)14(3)4/h7-11,13-15H,12H2,1-6H3. The van der Waals surface area contributed by atoms with E-state index in [1.807, 2.05) is 0 Å². The molecule has 0 spiro atoms. The van der Waals surface area contributed by atoms with Crippen molar-refractivity contribution in [2.45, 2.75) is 48.0 Å². The predicted octanol–water partition coefficient (Wildman–Crippen LogP) is 6.11. The van der Waals surface area contributed by atoms with E-state index in [1.165, 1.54) is 5.56 Å². The van der Waals surface area contributed by atoms with E-state index in [1.54, 1.807) is 22.3 Å². The summed E-state index contributed by atoms with van der Waals surface area (Å²) in [5, 5.41) is 0. The first kappa shape index (κ1) is 15.1. The van der Waals surface area contributed by atoms with Crippen LogP contribution in [0.15, 0.2) is 47.1 Å². The Kier molecular flexibility index (Phi) is 4.52. The highest BCUT2D eigenvalue weighted by Crippen LogP contribution is 2.46. The van der Waals surface area contributed by atoms with Crippen LogP contribution in [0.5, 0.6) is 0 Å². The minimum absolute atomic E-state index is 0.596. The molecule has 0 nitrogen and oxygen atoms in total. The Bertz CT molecular complexity index is 524. The van der Waals surface area contributed by atoms with Crippen LogP contribution in [0.3, 0.4) is 0 Å². The molecule has 108 valence electrons. The third-order valence-corrected chi connectivity index (χ3v) is 4.30. The maximum Gasteiger partial charge on any atom is -0.00496 e.